The van der Waals surface area contributed by atoms with Crippen LogP contribution >= 0.6 is 24.0 Å². The third-order valence-corrected chi connectivity index (χ3v) is 4.94. The van der Waals surface area contributed by atoms with Crippen molar-refractivity contribution in [3.8, 4) is 11.8 Å². The van der Waals surface area contributed by atoms with Crippen LogP contribution in [0.5, 0.6) is 0 Å². The molecule has 0 saturated carbocycles. The first kappa shape index (κ1) is 17.8. The van der Waals surface area contributed by atoms with E-state index >= 15 is 0 Å². The summed E-state index contributed by atoms with van der Waals surface area (Å²) >= 11 is 7.05. The highest BCUT2D eigenvalue weighted by molar-refractivity contribution is 8.22. The van der Waals surface area contributed by atoms with Crippen molar-refractivity contribution in [1.29, 1.82) is 0 Å². The van der Waals surface area contributed by atoms with E-state index in [2.05, 4.69) is 39.1 Å². The smallest absolute Gasteiger partial charge is 0.234 e. The quantitative estimate of drug-likeness (QED) is 0.485. The molecule has 1 aromatic carbocycles. The first-order valence-corrected chi connectivity index (χ1v) is 8.92. The Bertz CT molecular complexity index is 595. The number of thiocarbonyl (C=S) groups is 1. The van der Waals surface area contributed by atoms with Gasteiger partial charge in [0.2, 0.25) is 5.91 Å². The summed E-state index contributed by atoms with van der Waals surface area (Å²) in [5.41, 5.74) is 1.22. The molecule has 1 saturated heterocycles. The molecule has 0 bridgehead atoms. The molecule has 1 amide bonds. The molecule has 4 nitrogen and oxygen atoms in total. The molecule has 2 rings (SSSR count). The number of benzene rings is 1. The average molecular weight is 348 g/mol. The van der Waals surface area contributed by atoms with Gasteiger partial charge in [-0.1, -0.05) is 54.3 Å². The van der Waals surface area contributed by atoms with Crippen molar-refractivity contribution >= 4 is 34.2 Å². The molecule has 0 atom stereocenters. The molecule has 0 aromatic heterocycles. The zero-order valence-corrected chi connectivity index (χ0v) is 14.9. The summed E-state index contributed by atoms with van der Waals surface area (Å²) in [6.45, 7) is 4.25. The van der Waals surface area contributed by atoms with Crippen LogP contribution in [0, 0.1) is 11.8 Å². The summed E-state index contributed by atoms with van der Waals surface area (Å²) in [5.74, 6) is 6.55. The van der Waals surface area contributed by atoms with Crippen molar-refractivity contribution in [1.82, 2.24) is 15.1 Å². The first-order valence-electron chi connectivity index (χ1n) is 7.53. The molecule has 1 aromatic rings. The molecule has 23 heavy (non-hydrogen) atoms. The summed E-state index contributed by atoms with van der Waals surface area (Å²) < 4.78 is 0.892. The van der Waals surface area contributed by atoms with Gasteiger partial charge in [0.15, 0.2) is 0 Å². The summed E-state index contributed by atoms with van der Waals surface area (Å²) in [7, 11) is 0. The lowest BCUT2D eigenvalue weighted by Gasteiger charge is -2.36. The number of nitrogens with zero attached hydrogens (tertiary/aromatic N) is 2. The fourth-order valence-electron chi connectivity index (χ4n) is 2.24. The molecule has 1 fully saturated rings. The van der Waals surface area contributed by atoms with E-state index in [0.717, 1.165) is 16.7 Å². The van der Waals surface area contributed by atoms with Crippen LogP contribution in [-0.2, 0) is 11.3 Å². The van der Waals surface area contributed by atoms with E-state index in [9.17, 15) is 4.79 Å². The van der Waals surface area contributed by atoms with Crippen molar-refractivity contribution in [2.24, 2.45) is 0 Å². The maximum absolute atomic E-state index is 12.0. The fourth-order valence-corrected chi connectivity index (χ4v) is 3.29. The molecule has 1 aliphatic rings. The molecular formula is C17H21N3OS2. The maximum Gasteiger partial charge on any atom is 0.234 e. The van der Waals surface area contributed by atoms with Crippen LogP contribution < -0.4 is 5.32 Å². The van der Waals surface area contributed by atoms with Crippen LogP contribution in [0.2, 0.25) is 0 Å². The third kappa shape index (κ3) is 6.22. The molecule has 0 radical (unpaired) electrons. The standard InChI is InChI=1S/C17H21N3OS2/c1-2-3-7-10-18-16(21)12-19-13-20(17(22)23-14-19)11-15-8-5-4-6-9-15/h4-6,8-9H,7,10-14H2,1H3,(H,18,21). The van der Waals surface area contributed by atoms with Gasteiger partial charge >= 0.3 is 0 Å². The SMILES string of the molecule is CC#CCCNC(=O)CN1CSC(=S)N(Cc2ccccc2)C1. The van der Waals surface area contributed by atoms with Gasteiger partial charge in [0, 0.05) is 19.5 Å². The van der Waals surface area contributed by atoms with Crippen LogP contribution in [0.15, 0.2) is 30.3 Å². The van der Waals surface area contributed by atoms with Crippen LogP contribution in [0.3, 0.4) is 0 Å². The number of thioether (sulfide) groups is 1. The number of hydrogen-bond donors (Lipinski definition) is 1. The van der Waals surface area contributed by atoms with E-state index in [1.54, 1.807) is 18.7 Å². The average Bonchev–Trinajstić information content (AvgIpc) is 2.56. The highest BCUT2D eigenvalue weighted by atomic mass is 32.2. The van der Waals surface area contributed by atoms with E-state index in [1.165, 1.54) is 5.56 Å². The van der Waals surface area contributed by atoms with Gasteiger partial charge in [-0.15, -0.1) is 11.8 Å². The molecule has 1 N–H and O–H groups in total. The zero-order valence-electron chi connectivity index (χ0n) is 13.2. The van der Waals surface area contributed by atoms with Crippen molar-refractivity contribution in [3.63, 3.8) is 0 Å². The number of hydrogen-bond acceptors (Lipinski definition) is 4. The van der Waals surface area contributed by atoms with Gasteiger partial charge in [0.05, 0.1) is 19.1 Å². The van der Waals surface area contributed by atoms with E-state index in [1.807, 2.05) is 18.2 Å². The van der Waals surface area contributed by atoms with Gasteiger partial charge in [0.25, 0.3) is 0 Å². The molecule has 0 spiro atoms. The second-order valence-corrected chi connectivity index (χ2v) is 6.80. The highest BCUT2D eigenvalue weighted by Gasteiger charge is 2.23. The van der Waals surface area contributed by atoms with Gasteiger partial charge in [-0.2, -0.15) is 0 Å². The Balaban J connectivity index is 1.81. The Labute approximate surface area is 147 Å². The van der Waals surface area contributed by atoms with E-state index in [-0.39, 0.29) is 5.91 Å². The second kappa shape index (κ2) is 9.56. The first-order chi connectivity index (χ1) is 11.2. The van der Waals surface area contributed by atoms with Gasteiger partial charge in [-0.3, -0.25) is 9.69 Å². The van der Waals surface area contributed by atoms with Crippen LogP contribution in [0.1, 0.15) is 18.9 Å². The van der Waals surface area contributed by atoms with Gasteiger partial charge in [-0.25, -0.2) is 0 Å². The molecule has 6 heteroatoms. The maximum atomic E-state index is 12.0. The molecule has 1 aliphatic heterocycles. The van der Waals surface area contributed by atoms with Crippen molar-refractivity contribution in [2.45, 2.75) is 19.9 Å². The van der Waals surface area contributed by atoms with Crippen LogP contribution in [-0.4, -0.2) is 45.7 Å². The fraction of sp³-hybridized carbons (Fsp3) is 0.412. The predicted octanol–water partition coefficient (Wildman–Crippen LogP) is 2.27. The Morgan fingerprint density at radius 2 is 2.17 bits per heavy atom. The monoisotopic (exact) mass is 347 g/mol. The summed E-state index contributed by atoms with van der Waals surface area (Å²) in [4.78, 5) is 16.2. The number of nitrogens with one attached hydrogen (secondary N) is 1. The summed E-state index contributed by atoms with van der Waals surface area (Å²) in [6.07, 6.45) is 0.696. The predicted molar refractivity (Wildman–Crippen MR) is 99.7 cm³/mol. The van der Waals surface area contributed by atoms with E-state index < -0.39 is 0 Å². The Morgan fingerprint density at radius 1 is 1.39 bits per heavy atom. The minimum atomic E-state index is 0.0379. The minimum Gasteiger partial charge on any atom is -0.354 e. The molecule has 0 unspecified atom stereocenters. The molecule has 122 valence electrons. The topological polar surface area (TPSA) is 35.6 Å². The lowest BCUT2D eigenvalue weighted by Crippen LogP contribution is -2.48. The van der Waals surface area contributed by atoms with Crippen LogP contribution in [0.4, 0.5) is 0 Å². The second-order valence-electron chi connectivity index (χ2n) is 5.22. The van der Waals surface area contributed by atoms with Crippen molar-refractivity contribution in [2.75, 3.05) is 25.6 Å². The van der Waals surface area contributed by atoms with Gasteiger partial charge in [-0.05, 0) is 12.5 Å². The Hall–Kier alpha value is -1.55. The van der Waals surface area contributed by atoms with Gasteiger partial charge < -0.3 is 10.2 Å². The Morgan fingerprint density at radius 3 is 2.91 bits per heavy atom. The van der Waals surface area contributed by atoms with Gasteiger partial charge in [0.1, 0.15) is 4.32 Å². The van der Waals surface area contributed by atoms with E-state index in [0.29, 0.717) is 26.2 Å². The molecule has 1 heterocycles. The number of carbonyl (C=O) groups excluding carboxylic acids is 1. The lowest BCUT2D eigenvalue weighted by atomic mass is 10.2. The summed E-state index contributed by atoms with van der Waals surface area (Å²) in [5, 5.41) is 2.90. The molecular weight excluding hydrogens is 326 g/mol. The van der Waals surface area contributed by atoms with Crippen molar-refractivity contribution in [3.05, 3.63) is 35.9 Å². The largest absolute Gasteiger partial charge is 0.354 e. The highest BCUT2D eigenvalue weighted by Crippen LogP contribution is 2.20. The Kier molecular flexibility index (Phi) is 7.40. The minimum absolute atomic E-state index is 0.0379. The van der Waals surface area contributed by atoms with Crippen LogP contribution in [0.25, 0.3) is 0 Å². The number of rotatable bonds is 6. The lowest BCUT2D eigenvalue weighted by molar-refractivity contribution is -0.122. The third-order valence-electron chi connectivity index (χ3n) is 3.33. The van der Waals surface area contributed by atoms with E-state index in [4.69, 9.17) is 12.2 Å². The normalized spacial score (nSPS) is 15.0. The molecule has 0 aliphatic carbocycles. The number of carbonyl (C=O) groups is 1. The van der Waals surface area contributed by atoms with Crippen molar-refractivity contribution < 1.29 is 4.79 Å². The number of amides is 1. The zero-order chi connectivity index (χ0) is 16.5. The summed E-state index contributed by atoms with van der Waals surface area (Å²) in [6, 6.07) is 10.2.